The summed E-state index contributed by atoms with van der Waals surface area (Å²) in [5, 5.41) is 1.16. The Morgan fingerprint density at radius 3 is 2.60 bits per heavy atom. The van der Waals surface area contributed by atoms with E-state index in [-0.39, 0.29) is 17.7 Å². The van der Waals surface area contributed by atoms with E-state index in [1.165, 1.54) is 23.1 Å². The Morgan fingerprint density at radius 2 is 1.88 bits per heavy atom. The van der Waals surface area contributed by atoms with E-state index in [0.717, 1.165) is 16.8 Å². The van der Waals surface area contributed by atoms with Crippen LogP contribution in [0.5, 0.6) is 5.75 Å². The summed E-state index contributed by atoms with van der Waals surface area (Å²) in [5.74, 6) is 0.615. The van der Waals surface area contributed by atoms with Gasteiger partial charge in [-0.05, 0) is 61.5 Å². The minimum absolute atomic E-state index is 0.177. The third-order valence-electron chi connectivity index (χ3n) is 6.65. The van der Waals surface area contributed by atoms with Crippen LogP contribution < -0.4 is 19.6 Å². The molecule has 0 unspecified atom stereocenters. The van der Waals surface area contributed by atoms with E-state index in [4.69, 9.17) is 18.9 Å². The first kappa shape index (κ1) is 28.4. The largest absolute Gasteiger partial charge is 0.497 e. The number of aromatic nitrogens is 3. The summed E-state index contributed by atoms with van der Waals surface area (Å²) in [4.78, 5) is 41.6. The van der Waals surface area contributed by atoms with Crippen LogP contribution in [0, 0.1) is 6.92 Å². The average molecular weight is 611 g/mol. The lowest BCUT2D eigenvalue weighted by Crippen LogP contribution is -2.40. The van der Waals surface area contributed by atoms with Crippen molar-refractivity contribution in [3.63, 3.8) is 0 Å². The van der Waals surface area contributed by atoms with Gasteiger partial charge < -0.3 is 13.9 Å². The Balaban J connectivity index is 1.51. The molecule has 0 N–H and O–H groups in total. The van der Waals surface area contributed by atoms with Crippen molar-refractivity contribution < 1.29 is 18.7 Å². The molecule has 4 heterocycles. The van der Waals surface area contributed by atoms with Crippen LogP contribution in [0.1, 0.15) is 35.5 Å². The van der Waals surface area contributed by atoms with Gasteiger partial charge >= 0.3 is 5.97 Å². The molecule has 2 aromatic carbocycles. The number of esters is 1. The SMILES string of the molecule is CCOC(=O)C1=C(c2ccccc2)N=c2s/c(=C/c3ccc(Sc4nccc(C)n4)o3)c(=O)n2[C@H]1c1ccc(OC)cc1. The summed E-state index contributed by atoms with van der Waals surface area (Å²) in [6, 6.07) is 21.4. The molecule has 0 saturated heterocycles. The monoisotopic (exact) mass is 610 g/mol. The Kier molecular flexibility index (Phi) is 8.08. The lowest BCUT2D eigenvalue weighted by Gasteiger charge is -2.26. The maximum absolute atomic E-state index is 14.0. The van der Waals surface area contributed by atoms with E-state index in [9.17, 15) is 9.59 Å². The van der Waals surface area contributed by atoms with Crippen LogP contribution in [0.15, 0.2) is 109 Å². The Labute approximate surface area is 254 Å². The summed E-state index contributed by atoms with van der Waals surface area (Å²) >= 11 is 2.53. The number of ether oxygens (including phenoxy) is 2. The number of thiazole rings is 1. The number of benzene rings is 2. The molecule has 0 spiro atoms. The van der Waals surface area contributed by atoms with Crippen LogP contribution in [0.3, 0.4) is 0 Å². The molecule has 1 aliphatic heterocycles. The van der Waals surface area contributed by atoms with Crippen molar-refractivity contribution in [2.75, 3.05) is 13.7 Å². The van der Waals surface area contributed by atoms with Gasteiger partial charge in [-0.15, -0.1) is 0 Å². The number of nitrogens with zero attached hydrogens (tertiary/aromatic N) is 4. The third kappa shape index (κ3) is 5.81. The normalized spacial score (nSPS) is 14.8. The van der Waals surface area contributed by atoms with E-state index in [2.05, 4.69) is 9.97 Å². The predicted octanol–water partition coefficient (Wildman–Crippen LogP) is 4.79. The van der Waals surface area contributed by atoms with Gasteiger partial charge in [0.2, 0.25) is 0 Å². The van der Waals surface area contributed by atoms with Gasteiger partial charge in [-0.2, -0.15) is 0 Å². The molecule has 0 amide bonds. The first-order valence-electron chi connectivity index (χ1n) is 13.4. The van der Waals surface area contributed by atoms with Crippen molar-refractivity contribution >= 4 is 40.8 Å². The van der Waals surface area contributed by atoms with Crippen LogP contribution in [0.4, 0.5) is 0 Å². The lowest BCUT2D eigenvalue weighted by atomic mass is 9.93. The molecule has 0 saturated carbocycles. The fourth-order valence-electron chi connectivity index (χ4n) is 4.70. The van der Waals surface area contributed by atoms with Gasteiger partial charge in [0.1, 0.15) is 11.5 Å². The summed E-state index contributed by atoms with van der Waals surface area (Å²) in [7, 11) is 1.59. The van der Waals surface area contributed by atoms with Crippen LogP contribution in [-0.2, 0) is 9.53 Å². The lowest BCUT2D eigenvalue weighted by molar-refractivity contribution is -0.138. The van der Waals surface area contributed by atoms with Crippen LogP contribution in [-0.4, -0.2) is 34.2 Å². The smallest absolute Gasteiger partial charge is 0.338 e. The number of hydrogen-bond acceptors (Lipinski definition) is 10. The topological polar surface area (TPSA) is 109 Å². The van der Waals surface area contributed by atoms with Gasteiger partial charge in [0.05, 0.1) is 35.6 Å². The molecule has 0 radical (unpaired) electrons. The average Bonchev–Trinajstić information content (AvgIpc) is 3.59. The van der Waals surface area contributed by atoms with E-state index >= 15 is 0 Å². The quantitative estimate of drug-likeness (QED) is 0.182. The molecule has 11 heteroatoms. The highest BCUT2D eigenvalue weighted by atomic mass is 32.2. The zero-order valence-corrected chi connectivity index (χ0v) is 25.1. The number of methoxy groups -OCH3 is 1. The van der Waals surface area contributed by atoms with E-state index in [1.807, 2.05) is 61.5 Å². The Bertz CT molecular complexity index is 2010. The molecule has 43 heavy (non-hydrogen) atoms. The summed E-state index contributed by atoms with van der Waals surface area (Å²) in [6.07, 6.45) is 3.38. The van der Waals surface area contributed by atoms with Crippen LogP contribution in [0.25, 0.3) is 11.8 Å². The van der Waals surface area contributed by atoms with Gasteiger partial charge in [0.15, 0.2) is 15.1 Å². The second kappa shape index (κ2) is 12.2. The Hall–Kier alpha value is -4.74. The van der Waals surface area contributed by atoms with Gasteiger partial charge in [-0.1, -0.05) is 53.8 Å². The molecule has 0 fully saturated rings. The number of rotatable bonds is 8. The summed E-state index contributed by atoms with van der Waals surface area (Å²) in [6.45, 7) is 3.82. The highest BCUT2D eigenvalue weighted by Gasteiger charge is 2.35. The molecule has 1 atom stereocenters. The Morgan fingerprint density at radius 1 is 1.09 bits per heavy atom. The van der Waals surface area contributed by atoms with Crippen LogP contribution in [0.2, 0.25) is 0 Å². The van der Waals surface area contributed by atoms with Gasteiger partial charge in [-0.25, -0.2) is 19.8 Å². The highest BCUT2D eigenvalue weighted by molar-refractivity contribution is 7.99. The first-order valence-corrected chi connectivity index (χ1v) is 15.1. The maximum atomic E-state index is 14.0. The summed E-state index contributed by atoms with van der Waals surface area (Å²) in [5.41, 5.74) is 2.76. The summed E-state index contributed by atoms with van der Waals surface area (Å²) < 4.78 is 18.8. The maximum Gasteiger partial charge on any atom is 0.338 e. The minimum Gasteiger partial charge on any atom is -0.497 e. The number of aryl methyl sites for hydroxylation is 1. The standard InChI is InChI=1S/C32H26N4O5S2/c1-4-40-30(38)26-27(20-8-6-5-7-9-20)35-32-36(28(26)21-10-12-22(39-3)13-11-21)29(37)24(42-32)18-23-14-15-25(41-23)43-31-33-17-16-19(2)34-31/h5-18,28H,4H2,1-3H3/b24-18+/t28-/m0/s1. The van der Waals surface area contributed by atoms with Crippen molar-refractivity contribution in [1.82, 2.24) is 14.5 Å². The van der Waals surface area contributed by atoms with Crippen molar-refractivity contribution in [3.05, 3.63) is 127 Å². The van der Waals surface area contributed by atoms with E-state index < -0.39 is 12.0 Å². The van der Waals surface area contributed by atoms with E-state index in [1.54, 1.807) is 49.1 Å². The van der Waals surface area contributed by atoms with Crippen molar-refractivity contribution in [2.24, 2.45) is 4.99 Å². The number of carbonyl (C=O) groups is 1. The highest BCUT2D eigenvalue weighted by Crippen LogP contribution is 2.35. The second-order valence-corrected chi connectivity index (χ2v) is 11.4. The molecule has 6 rings (SSSR count). The van der Waals surface area contributed by atoms with Gasteiger partial charge in [0, 0.05) is 23.5 Å². The zero-order valence-electron chi connectivity index (χ0n) is 23.5. The number of carbonyl (C=O) groups excluding carboxylic acids is 1. The van der Waals surface area contributed by atoms with Crippen molar-refractivity contribution in [3.8, 4) is 5.75 Å². The minimum atomic E-state index is -0.778. The molecule has 9 nitrogen and oxygen atoms in total. The van der Waals surface area contributed by atoms with Gasteiger partial charge in [-0.3, -0.25) is 9.36 Å². The predicted molar refractivity (Wildman–Crippen MR) is 164 cm³/mol. The number of furan rings is 1. The molecule has 216 valence electrons. The first-order chi connectivity index (χ1) is 20.9. The van der Waals surface area contributed by atoms with Crippen LogP contribution >= 0.6 is 23.1 Å². The second-order valence-electron chi connectivity index (χ2n) is 9.44. The van der Waals surface area contributed by atoms with Crippen molar-refractivity contribution in [2.45, 2.75) is 30.1 Å². The number of fused-ring (bicyclic) bond motifs is 1. The fraction of sp³-hybridized carbons (Fsp3) is 0.156. The van der Waals surface area contributed by atoms with Gasteiger partial charge in [0.25, 0.3) is 5.56 Å². The number of hydrogen-bond donors (Lipinski definition) is 0. The molecule has 0 aliphatic carbocycles. The molecular formula is C32H26N4O5S2. The third-order valence-corrected chi connectivity index (χ3v) is 8.43. The zero-order chi connectivity index (χ0) is 29.9. The fourth-order valence-corrected chi connectivity index (χ4v) is 6.44. The molecule has 5 aromatic rings. The molecule has 3 aromatic heterocycles. The van der Waals surface area contributed by atoms with Crippen molar-refractivity contribution in [1.29, 1.82) is 0 Å². The van der Waals surface area contributed by atoms with E-state index in [0.29, 0.717) is 36.8 Å². The molecule has 1 aliphatic rings. The molecular weight excluding hydrogens is 585 g/mol. The molecule has 0 bridgehead atoms.